The highest BCUT2D eigenvalue weighted by Crippen LogP contribution is 2.32. The Kier molecular flexibility index (Phi) is 3.79. The third-order valence-corrected chi connectivity index (χ3v) is 3.71. The molecule has 0 aliphatic heterocycles. The summed E-state index contributed by atoms with van der Waals surface area (Å²) in [5.74, 6) is -0.174. The highest BCUT2D eigenvalue weighted by Gasteiger charge is 2.31. The van der Waals surface area contributed by atoms with E-state index in [4.69, 9.17) is 5.73 Å². The van der Waals surface area contributed by atoms with E-state index in [-0.39, 0.29) is 11.4 Å². The molecule has 0 spiro atoms. The molecular formula is C14H21FN2. The van der Waals surface area contributed by atoms with Crippen molar-refractivity contribution in [3.05, 3.63) is 35.6 Å². The molecule has 0 atom stereocenters. The summed E-state index contributed by atoms with van der Waals surface area (Å²) >= 11 is 0. The molecule has 0 radical (unpaired) electrons. The van der Waals surface area contributed by atoms with E-state index in [0.29, 0.717) is 0 Å². The molecule has 0 unspecified atom stereocenters. The van der Waals surface area contributed by atoms with E-state index in [2.05, 4.69) is 11.9 Å². The molecule has 94 valence electrons. The molecule has 1 fully saturated rings. The summed E-state index contributed by atoms with van der Waals surface area (Å²) in [4.78, 5) is 2.25. The van der Waals surface area contributed by atoms with Crippen molar-refractivity contribution >= 4 is 0 Å². The Labute approximate surface area is 103 Å². The van der Waals surface area contributed by atoms with Crippen molar-refractivity contribution in [1.82, 2.24) is 4.90 Å². The summed E-state index contributed by atoms with van der Waals surface area (Å²) in [7, 11) is 2.09. The number of nitrogens with two attached hydrogens (primary N) is 1. The lowest BCUT2D eigenvalue weighted by Crippen LogP contribution is -2.48. The zero-order chi connectivity index (χ0) is 12.3. The molecule has 1 aromatic carbocycles. The number of nitrogens with zero attached hydrogens (tertiary/aromatic N) is 1. The van der Waals surface area contributed by atoms with E-state index in [1.807, 2.05) is 12.1 Å². The van der Waals surface area contributed by atoms with Gasteiger partial charge in [-0.3, -0.25) is 0 Å². The first-order valence-electron chi connectivity index (χ1n) is 6.29. The maximum atomic E-state index is 12.8. The highest BCUT2D eigenvalue weighted by molar-refractivity contribution is 5.15. The van der Waals surface area contributed by atoms with Gasteiger partial charge < -0.3 is 10.6 Å². The summed E-state index contributed by atoms with van der Waals surface area (Å²) in [6.07, 6.45) is 4.66. The first-order chi connectivity index (χ1) is 8.07. The molecule has 1 aliphatic carbocycles. The van der Waals surface area contributed by atoms with Crippen molar-refractivity contribution in [2.75, 3.05) is 13.6 Å². The highest BCUT2D eigenvalue weighted by atomic mass is 19.1. The van der Waals surface area contributed by atoms with Crippen LogP contribution in [0.1, 0.15) is 31.2 Å². The van der Waals surface area contributed by atoms with Crippen LogP contribution >= 0.6 is 0 Å². The van der Waals surface area contributed by atoms with Crippen LogP contribution in [0.4, 0.5) is 4.39 Å². The SMILES string of the molecule is CN(CCC1(N)CCC1)Cc1ccc(F)cc1. The second-order valence-electron chi connectivity index (χ2n) is 5.33. The van der Waals surface area contributed by atoms with Crippen molar-refractivity contribution in [3.8, 4) is 0 Å². The number of benzene rings is 1. The lowest BCUT2D eigenvalue weighted by molar-refractivity contribution is 0.193. The molecule has 1 aliphatic rings. The van der Waals surface area contributed by atoms with Gasteiger partial charge in [0.1, 0.15) is 5.82 Å². The van der Waals surface area contributed by atoms with Crippen molar-refractivity contribution < 1.29 is 4.39 Å². The molecule has 0 bridgehead atoms. The van der Waals surface area contributed by atoms with Gasteiger partial charge in [-0.2, -0.15) is 0 Å². The van der Waals surface area contributed by atoms with Crippen LogP contribution in [0, 0.1) is 5.82 Å². The number of hydrogen-bond donors (Lipinski definition) is 1. The lowest BCUT2D eigenvalue weighted by atomic mass is 9.75. The van der Waals surface area contributed by atoms with Crippen molar-refractivity contribution in [3.63, 3.8) is 0 Å². The molecule has 0 saturated heterocycles. The van der Waals surface area contributed by atoms with Gasteiger partial charge in [0.15, 0.2) is 0 Å². The Morgan fingerprint density at radius 2 is 1.94 bits per heavy atom. The van der Waals surface area contributed by atoms with Gasteiger partial charge in [0.25, 0.3) is 0 Å². The summed E-state index contributed by atoms with van der Waals surface area (Å²) in [6.45, 7) is 1.87. The minimum absolute atomic E-state index is 0.0943. The summed E-state index contributed by atoms with van der Waals surface area (Å²) in [6, 6.07) is 6.71. The molecule has 1 aromatic rings. The first-order valence-corrected chi connectivity index (χ1v) is 6.29. The van der Waals surface area contributed by atoms with E-state index in [1.54, 1.807) is 0 Å². The molecule has 2 rings (SSSR count). The van der Waals surface area contributed by atoms with Crippen LogP contribution in [0.2, 0.25) is 0 Å². The fourth-order valence-electron chi connectivity index (χ4n) is 2.27. The summed E-state index contributed by atoms with van der Waals surface area (Å²) in [5, 5.41) is 0. The first kappa shape index (κ1) is 12.5. The standard InChI is InChI=1S/C14H21FN2/c1-17(10-9-14(16)7-2-8-14)11-12-3-5-13(15)6-4-12/h3-6H,2,7-11,16H2,1H3. The molecule has 1 saturated carbocycles. The van der Waals surface area contributed by atoms with Gasteiger partial charge in [0.05, 0.1) is 0 Å². The minimum Gasteiger partial charge on any atom is -0.325 e. The normalized spacial score (nSPS) is 18.1. The number of hydrogen-bond acceptors (Lipinski definition) is 2. The van der Waals surface area contributed by atoms with Crippen molar-refractivity contribution in [2.24, 2.45) is 5.73 Å². The zero-order valence-corrected chi connectivity index (χ0v) is 10.5. The summed E-state index contributed by atoms with van der Waals surface area (Å²) < 4.78 is 12.8. The smallest absolute Gasteiger partial charge is 0.123 e. The Balaban J connectivity index is 1.76. The van der Waals surface area contributed by atoms with Crippen LogP contribution in [-0.2, 0) is 6.54 Å². The second-order valence-corrected chi connectivity index (χ2v) is 5.33. The zero-order valence-electron chi connectivity index (χ0n) is 10.5. The minimum atomic E-state index is -0.174. The Morgan fingerprint density at radius 3 is 2.47 bits per heavy atom. The van der Waals surface area contributed by atoms with E-state index in [9.17, 15) is 4.39 Å². The average molecular weight is 236 g/mol. The van der Waals surface area contributed by atoms with E-state index in [1.165, 1.54) is 18.6 Å². The second kappa shape index (κ2) is 5.15. The van der Waals surface area contributed by atoms with Gasteiger partial charge in [-0.1, -0.05) is 12.1 Å². The van der Waals surface area contributed by atoms with Gasteiger partial charge in [0, 0.05) is 12.1 Å². The maximum absolute atomic E-state index is 12.8. The van der Waals surface area contributed by atoms with Crippen LogP contribution in [0.5, 0.6) is 0 Å². The van der Waals surface area contributed by atoms with Gasteiger partial charge in [0.2, 0.25) is 0 Å². The third kappa shape index (κ3) is 3.51. The maximum Gasteiger partial charge on any atom is 0.123 e. The van der Waals surface area contributed by atoms with Gasteiger partial charge in [-0.25, -0.2) is 4.39 Å². The molecule has 3 heteroatoms. The number of halogens is 1. The van der Waals surface area contributed by atoms with Gasteiger partial charge in [-0.15, -0.1) is 0 Å². The number of rotatable bonds is 5. The quantitative estimate of drug-likeness (QED) is 0.851. The fraction of sp³-hybridized carbons (Fsp3) is 0.571. The van der Waals surface area contributed by atoms with Gasteiger partial charge >= 0.3 is 0 Å². The van der Waals surface area contributed by atoms with Crippen LogP contribution in [0.15, 0.2) is 24.3 Å². The summed E-state index contributed by atoms with van der Waals surface area (Å²) in [5.41, 5.74) is 7.43. The van der Waals surface area contributed by atoms with Crippen molar-refractivity contribution in [2.45, 2.75) is 37.8 Å². The van der Waals surface area contributed by atoms with Crippen LogP contribution in [-0.4, -0.2) is 24.0 Å². The van der Waals surface area contributed by atoms with Crippen molar-refractivity contribution in [1.29, 1.82) is 0 Å². The molecular weight excluding hydrogens is 215 g/mol. The molecule has 2 nitrogen and oxygen atoms in total. The monoisotopic (exact) mass is 236 g/mol. The third-order valence-electron chi connectivity index (χ3n) is 3.71. The van der Waals surface area contributed by atoms with E-state index in [0.717, 1.165) is 37.9 Å². The molecule has 0 aromatic heterocycles. The molecule has 0 heterocycles. The largest absolute Gasteiger partial charge is 0.325 e. The molecule has 17 heavy (non-hydrogen) atoms. The van der Waals surface area contributed by atoms with Crippen LogP contribution in [0.25, 0.3) is 0 Å². The lowest BCUT2D eigenvalue weighted by Gasteiger charge is -2.39. The van der Waals surface area contributed by atoms with Crippen LogP contribution < -0.4 is 5.73 Å². The Hall–Kier alpha value is -0.930. The molecule has 2 N–H and O–H groups in total. The van der Waals surface area contributed by atoms with Gasteiger partial charge in [-0.05, 0) is 57.0 Å². The van der Waals surface area contributed by atoms with E-state index < -0.39 is 0 Å². The average Bonchev–Trinajstić information content (AvgIpc) is 2.27. The fourth-order valence-corrected chi connectivity index (χ4v) is 2.27. The Bertz CT molecular complexity index is 357. The topological polar surface area (TPSA) is 29.3 Å². The predicted octanol–water partition coefficient (Wildman–Crippen LogP) is 2.53. The Morgan fingerprint density at radius 1 is 1.29 bits per heavy atom. The van der Waals surface area contributed by atoms with E-state index >= 15 is 0 Å². The van der Waals surface area contributed by atoms with Crippen LogP contribution in [0.3, 0.4) is 0 Å². The molecule has 0 amide bonds. The predicted molar refractivity (Wildman–Crippen MR) is 68.1 cm³/mol.